The van der Waals surface area contributed by atoms with Crippen molar-refractivity contribution in [2.75, 3.05) is 6.54 Å². The highest BCUT2D eigenvalue weighted by molar-refractivity contribution is 5.96. The van der Waals surface area contributed by atoms with Crippen LogP contribution >= 0.6 is 0 Å². The maximum Gasteiger partial charge on any atom is 0.251 e. The molecular weight excluding hydrogens is 210 g/mol. The molecule has 0 saturated heterocycles. The lowest BCUT2D eigenvalue weighted by Crippen LogP contribution is -2.23. The van der Waals surface area contributed by atoms with Gasteiger partial charge in [-0.1, -0.05) is 39.8 Å². The molecule has 2 heteroatoms. The molecule has 0 fully saturated rings. The van der Waals surface area contributed by atoms with Crippen LogP contribution in [0.15, 0.2) is 18.2 Å². The monoisotopic (exact) mass is 231 g/mol. The van der Waals surface area contributed by atoms with Gasteiger partial charge in [0.15, 0.2) is 0 Å². The van der Waals surface area contributed by atoms with E-state index in [9.17, 15) is 4.79 Å². The Labute approximate surface area is 103 Å². The van der Waals surface area contributed by atoms with Gasteiger partial charge in [-0.05, 0) is 34.9 Å². The van der Waals surface area contributed by atoms with Gasteiger partial charge < -0.3 is 5.32 Å². The number of rotatable bonds is 1. The van der Waals surface area contributed by atoms with Crippen molar-refractivity contribution < 1.29 is 4.79 Å². The first-order valence-electron chi connectivity index (χ1n) is 6.34. The van der Waals surface area contributed by atoms with E-state index >= 15 is 0 Å². The fourth-order valence-corrected chi connectivity index (χ4v) is 2.40. The van der Waals surface area contributed by atoms with E-state index in [0.717, 1.165) is 18.5 Å². The Morgan fingerprint density at radius 3 is 2.65 bits per heavy atom. The van der Waals surface area contributed by atoms with Gasteiger partial charge in [0.25, 0.3) is 5.91 Å². The van der Waals surface area contributed by atoms with Crippen molar-refractivity contribution in [1.82, 2.24) is 5.32 Å². The Bertz CT molecular complexity index is 446. The van der Waals surface area contributed by atoms with Crippen molar-refractivity contribution in [2.24, 2.45) is 0 Å². The lowest BCUT2D eigenvalue weighted by molar-refractivity contribution is 0.0956. The third kappa shape index (κ3) is 2.21. The maximum atomic E-state index is 12.0. The molecule has 1 heterocycles. The average molecular weight is 231 g/mol. The molecule has 0 unspecified atom stereocenters. The van der Waals surface area contributed by atoms with E-state index < -0.39 is 0 Å². The Balaban J connectivity index is 2.58. The molecule has 2 nitrogen and oxygen atoms in total. The van der Waals surface area contributed by atoms with Crippen LogP contribution in [-0.2, 0) is 5.41 Å². The lowest BCUT2D eigenvalue weighted by Gasteiger charge is -2.25. The fourth-order valence-electron chi connectivity index (χ4n) is 2.40. The van der Waals surface area contributed by atoms with Crippen LogP contribution in [0.5, 0.6) is 0 Å². The van der Waals surface area contributed by atoms with Crippen LogP contribution < -0.4 is 5.32 Å². The smallest absolute Gasteiger partial charge is 0.251 e. The largest absolute Gasteiger partial charge is 0.352 e. The number of nitrogens with one attached hydrogen (secondary N) is 1. The first kappa shape index (κ1) is 12.2. The number of benzene rings is 1. The van der Waals surface area contributed by atoms with Gasteiger partial charge >= 0.3 is 0 Å². The predicted molar refractivity (Wildman–Crippen MR) is 70.5 cm³/mol. The van der Waals surface area contributed by atoms with Crippen LogP contribution in [0.2, 0.25) is 0 Å². The lowest BCUT2D eigenvalue weighted by atomic mass is 9.78. The summed E-state index contributed by atoms with van der Waals surface area (Å²) in [6.07, 6.45) is 0.993. The standard InChI is InChI=1S/C15H21NO/c1-10(2)11-5-6-12-13(9-11)15(3,4)7-8-16-14(12)17/h5-6,9-10H,7-8H2,1-4H3,(H,16,17). The molecule has 1 N–H and O–H groups in total. The highest BCUT2D eigenvalue weighted by Crippen LogP contribution is 2.33. The normalized spacial score (nSPS) is 18.5. The zero-order valence-corrected chi connectivity index (χ0v) is 11.1. The predicted octanol–water partition coefficient (Wildman–Crippen LogP) is 3.22. The van der Waals surface area contributed by atoms with Crippen LogP contribution in [0, 0.1) is 0 Å². The van der Waals surface area contributed by atoms with Crippen molar-refractivity contribution in [1.29, 1.82) is 0 Å². The van der Waals surface area contributed by atoms with Gasteiger partial charge in [-0.2, -0.15) is 0 Å². The SMILES string of the molecule is CC(C)c1ccc2c(c1)C(C)(C)CCNC2=O. The van der Waals surface area contributed by atoms with Crippen LogP contribution in [0.3, 0.4) is 0 Å². The van der Waals surface area contributed by atoms with Crippen molar-refractivity contribution in [3.8, 4) is 0 Å². The number of fused-ring (bicyclic) bond motifs is 1. The molecule has 0 spiro atoms. The average Bonchev–Trinajstić information content (AvgIpc) is 2.37. The summed E-state index contributed by atoms with van der Waals surface area (Å²) >= 11 is 0. The number of carbonyl (C=O) groups is 1. The van der Waals surface area contributed by atoms with Gasteiger partial charge in [0, 0.05) is 12.1 Å². The summed E-state index contributed by atoms with van der Waals surface area (Å²) in [4.78, 5) is 12.0. The summed E-state index contributed by atoms with van der Waals surface area (Å²) < 4.78 is 0. The first-order chi connectivity index (χ1) is 7.92. The van der Waals surface area contributed by atoms with E-state index in [2.05, 4.69) is 45.1 Å². The van der Waals surface area contributed by atoms with Crippen molar-refractivity contribution in [3.05, 3.63) is 34.9 Å². The highest BCUT2D eigenvalue weighted by Gasteiger charge is 2.29. The molecule has 2 rings (SSSR count). The molecule has 1 aromatic rings. The van der Waals surface area contributed by atoms with Gasteiger partial charge in [0.2, 0.25) is 0 Å². The molecule has 0 radical (unpaired) electrons. The Morgan fingerprint density at radius 2 is 2.00 bits per heavy atom. The molecule has 1 aliphatic rings. The van der Waals surface area contributed by atoms with Gasteiger partial charge in [-0.15, -0.1) is 0 Å². The van der Waals surface area contributed by atoms with Crippen molar-refractivity contribution in [2.45, 2.75) is 45.4 Å². The summed E-state index contributed by atoms with van der Waals surface area (Å²) in [7, 11) is 0. The molecule has 0 bridgehead atoms. The van der Waals surface area contributed by atoms with Crippen LogP contribution in [0.4, 0.5) is 0 Å². The maximum absolute atomic E-state index is 12.0. The molecule has 0 aromatic heterocycles. The number of amides is 1. The molecule has 0 atom stereocenters. The molecule has 0 saturated carbocycles. The second-order valence-electron chi connectivity index (χ2n) is 5.85. The fraction of sp³-hybridized carbons (Fsp3) is 0.533. The minimum atomic E-state index is 0.0688. The Hall–Kier alpha value is -1.31. The zero-order chi connectivity index (χ0) is 12.6. The van der Waals surface area contributed by atoms with E-state index in [1.54, 1.807) is 0 Å². The quantitative estimate of drug-likeness (QED) is 0.790. The summed E-state index contributed by atoms with van der Waals surface area (Å²) in [6.45, 7) is 9.57. The van der Waals surface area contributed by atoms with E-state index in [1.807, 2.05) is 6.07 Å². The van der Waals surface area contributed by atoms with Gasteiger partial charge in [0.1, 0.15) is 0 Å². The third-order valence-electron chi connectivity index (χ3n) is 3.72. The topological polar surface area (TPSA) is 29.1 Å². The van der Waals surface area contributed by atoms with E-state index in [0.29, 0.717) is 5.92 Å². The van der Waals surface area contributed by atoms with Gasteiger partial charge in [-0.3, -0.25) is 4.79 Å². The molecule has 1 aromatic carbocycles. The molecule has 1 amide bonds. The van der Waals surface area contributed by atoms with Gasteiger partial charge in [0.05, 0.1) is 0 Å². The Morgan fingerprint density at radius 1 is 1.29 bits per heavy atom. The van der Waals surface area contributed by atoms with Crippen molar-refractivity contribution >= 4 is 5.91 Å². The van der Waals surface area contributed by atoms with E-state index in [4.69, 9.17) is 0 Å². The zero-order valence-electron chi connectivity index (χ0n) is 11.1. The summed E-state index contributed by atoms with van der Waals surface area (Å²) in [6, 6.07) is 6.27. The molecule has 92 valence electrons. The summed E-state index contributed by atoms with van der Waals surface area (Å²) in [5.41, 5.74) is 3.42. The van der Waals surface area contributed by atoms with Crippen LogP contribution in [0.25, 0.3) is 0 Å². The molecular formula is C15H21NO. The second kappa shape index (κ2) is 4.17. The Kier molecular flexibility index (Phi) is 2.98. The molecule has 1 aliphatic heterocycles. The van der Waals surface area contributed by atoms with Crippen LogP contribution in [-0.4, -0.2) is 12.5 Å². The second-order valence-corrected chi connectivity index (χ2v) is 5.85. The highest BCUT2D eigenvalue weighted by atomic mass is 16.1. The summed E-state index contributed by atoms with van der Waals surface area (Å²) in [5.74, 6) is 0.572. The first-order valence-corrected chi connectivity index (χ1v) is 6.34. The molecule has 17 heavy (non-hydrogen) atoms. The number of carbonyl (C=O) groups excluding carboxylic acids is 1. The number of hydrogen-bond donors (Lipinski definition) is 1. The summed E-state index contributed by atoms with van der Waals surface area (Å²) in [5, 5.41) is 2.97. The minimum absolute atomic E-state index is 0.0688. The number of hydrogen-bond acceptors (Lipinski definition) is 1. The van der Waals surface area contributed by atoms with Gasteiger partial charge in [-0.25, -0.2) is 0 Å². The third-order valence-corrected chi connectivity index (χ3v) is 3.72. The molecule has 0 aliphatic carbocycles. The van der Waals surface area contributed by atoms with Crippen molar-refractivity contribution in [3.63, 3.8) is 0 Å². The van der Waals surface area contributed by atoms with E-state index in [1.165, 1.54) is 11.1 Å². The minimum Gasteiger partial charge on any atom is -0.352 e. The van der Waals surface area contributed by atoms with E-state index in [-0.39, 0.29) is 11.3 Å². The van der Waals surface area contributed by atoms with Crippen LogP contribution in [0.1, 0.15) is 61.5 Å².